The van der Waals surface area contributed by atoms with Crippen LogP contribution in [-0.4, -0.2) is 52.6 Å². The van der Waals surface area contributed by atoms with E-state index in [9.17, 15) is 22.8 Å². The highest BCUT2D eigenvalue weighted by Crippen LogP contribution is 2.26. The Bertz CT molecular complexity index is 1800. The van der Waals surface area contributed by atoms with E-state index in [0.717, 1.165) is 9.87 Å². The highest BCUT2D eigenvalue weighted by molar-refractivity contribution is 7.92. The molecule has 0 aliphatic rings. The zero-order valence-corrected chi connectivity index (χ0v) is 26.9. The average molecular weight is 658 g/mol. The summed E-state index contributed by atoms with van der Waals surface area (Å²) in [5.41, 5.74) is 4.63. The van der Waals surface area contributed by atoms with Gasteiger partial charge in [0.05, 0.1) is 29.9 Å². The molecular formula is C34H35N5O7S. The molecule has 0 aromatic heterocycles. The quantitative estimate of drug-likeness (QED) is 0.135. The summed E-state index contributed by atoms with van der Waals surface area (Å²) in [6.07, 6.45) is 1.39. The van der Waals surface area contributed by atoms with Crippen LogP contribution >= 0.6 is 0 Å². The van der Waals surface area contributed by atoms with Gasteiger partial charge in [-0.15, -0.1) is 0 Å². The van der Waals surface area contributed by atoms with Crippen LogP contribution in [0.1, 0.15) is 31.0 Å². The van der Waals surface area contributed by atoms with Crippen LogP contribution in [0.4, 0.5) is 11.4 Å². The second kappa shape index (κ2) is 16.0. The first-order chi connectivity index (χ1) is 22.5. The molecule has 4 aromatic carbocycles. The first-order valence-electron chi connectivity index (χ1n) is 14.5. The summed E-state index contributed by atoms with van der Waals surface area (Å²) in [7, 11) is -2.72. The lowest BCUT2D eigenvalue weighted by molar-refractivity contribution is -0.123. The molecule has 13 heteroatoms. The lowest BCUT2D eigenvalue weighted by Crippen LogP contribution is -2.39. The number of sulfonamides is 1. The van der Waals surface area contributed by atoms with Crippen molar-refractivity contribution in [3.05, 3.63) is 114 Å². The molecule has 47 heavy (non-hydrogen) atoms. The number of hydrazone groups is 1. The molecule has 4 rings (SSSR count). The molecule has 0 fully saturated rings. The largest absolute Gasteiger partial charge is 0.497 e. The Kier molecular flexibility index (Phi) is 11.7. The van der Waals surface area contributed by atoms with Gasteiger partial charge in [0.15, 0.2) is 6.61 Å². The van der Waals surface area contributed by atoms with Gasteiger partial charge in [0.1, 0.15) is 18.0 Å². The minimum Gasteiger partial charge on any atom is -0.497 e. The highest BCUT2D eigenvalue weighted by Gasteiger charge is 2.27. The maximum atomic E-state index is 13.6. The van der Waals surface area contributed by atoms with Gasteiger partial charge in [-0.1, -0.05) is 30.3 Å². The van der Waals surface area contributed by atoms with Crippen molar-refractivity contribution >= 4 is 45.3 Å². The zero-order chi connectivity index (χ0) is 33.8. The van der Waals surface area contributed by atoms with Gasteiger partial charge in [0, 0.05) is 12.6 Å². The van der Waals surface area contributed by atoms with Crippen molar-refractivity contribution in [3.8, 4) is 11.5 Å². The van der Waals surface area contributed by atoms with Crippen LogP contribution in [0.5, 0.6) is 11.5 Å². The Morgan fingerprint density at radius 2 is 1.49 bits per heavy atom. The Labute approximate surface area is 273 Å². The van der Waals surface area contributed by atoms with Gasteiger partial charge < -0.3 is 20.1 Å². The highest BCUT2D eigenvalue weighted by atomic mass is 32.2. The summed E-state index contributed by atoms with van der Waals surface area (Å²) in [5, 5.41) is 9.44. The number of hydrogen-bond acceptors (Lipinski definition) is 8. The van der Waals surface area contributed by atoms with E-state index in [0.29, 0.717) is 22.7 Å². The molecule has 1 atom stereocenters. The fraction of sp³-hybridized carbons (Fsp3) is 0.176. The number of ether oxygens (including phenoxy) is 2. The van der Waals surface area contributed by atoms with Crippen molar-refractivity contribution in [3.63, 3.8) is 0 Å². The number of anilines is 2. The first kappa shape index (κ1) is 34.2. The molecule has 0 unspecified atom stereocenters. The van der Waals surface area contributed by atoms with E-state index in [1.807, 2.05) is 37.3 Å². The summed E-state index contributed by atoms with van der Waals surface area (Å²) in [6.45, 7) is 2.51. The molecule has 4 aromatic rings. The second-order valence-corrected chi connectivity index (χ2v) is 12.1. The zero-order valence-electron chi connectivity index (χ0n) is 26.0. The topological polar surface area (TPSA) is 155 Å². The first-order valence-corrected chi connectivity index (χ1v) is 15.9. The molecule has 0 radical (unpaired) electrons. The van der Waals surface area contributed by atoms with Gasteiger partial charge in [-0.3, -0.25) is 18.7 Å². The number of amides is 3. The van der Waals surface area contributed by atoms with Gasteiger partial charge >= 0.3 is 0 Å². The SMILES string of the molecule is COc1ccc(N(CC(=O)N/N=C\c2ccc(OCC(=O)N[C@@H](C)c3ccccc3)cc2)S(=O)(=O)c2ccc(NC(C)=O)cc2)cc1. The number of nitrogens with one attached hydrogen (secondary N) is 3. The Morgan fingerprint density at radius 3 is 2.11 bits per heavy atom. The van der Waals surface area contributed by atoms with Crippen molar-refractivity contribution in [2.24, 2.45) is 5.10 Å². The molecule has 0 heterocycles. The van der Waals surface area contributed by atoms with Crippen molar-refractivity contribution in [2.75, 3.05) is 29.9 Å². The van der Waals surface area contributed by atoms with E-state index in [1.54, 1.807) is 36.4 Å². The third-order valence-electron chi connectivity index (χ3n) is 6.74. The molecule has 12 nitrogen and oxygen atoms in total. The third kappa shape index (κ3) is 9.90. The van der Waals surface area contributed by atoms with Crippen LogP contribution in [0.3, 0.4) is 0 Å². The molecule has 244 valence electrons. The summed E-state index contributed by atoms with van der Waals surface area (Å²) < 4.78 is 39.0. The van der Waals surface area contributed by atoms with Gasteiger partial charge in [-0.25, -0.2) is 13.8 Å². The van der Waals surface area contributed by atoms with E-state index >= 15 is 0 Å². The molecule has 0 aliphatic heterocycles. The predicted octanol–water partition coefficient (Wildman–Crippen LogP) is 4.26. The van der Waals surface area contributed by atoms with Gasteiger partial charge in [-0.05, 0) is 90.8 Å². The van der Waals surface area contributed by atoms with Crippen molar-refractivity contribution in [1.29, 1.82) is 0 Å². The normalized spacial score (nSPS) is 11.7. The molecule has 0 bridgehead atoms. The fourth-order valence-corrected chi connectivity index (χ4v) is 5.78. The lowest BCUT2D eigenvalue weighted by Gasteiger charge is -2.24. The van der Waals surface area contributed by atoms with Crippen LogP contribution in [0.25, 0.3) is 0 Å². The molecular weight excluding hydrogens is 622 g/mol. The third-order valence-corrected chi connectivity index (χ3v) is 8.53. The van der Waals surface area contributed by atoms with Crippen molar-refractivity contribution in [2.45, 2.75) is 24.8 Å². The van der Waals surface area contributed by atoms with E-state index < -0.39 is 22.5 Å². The molecule has 0 saturated heterocycles. The summed E-state index contributed by atoms with van der Waals surface area (Å²) in [5.74, 6) is -0.263. The van der Waals surface area contributed by atoms with E-state index in [4.69, 9.17) is 9.47 Å². The van der Waals surface area contributed by atoms with E-state index in [2.05, 4.69) is 21.2 Å². The summed E-state index contributed by atoms with van der Waals surface area (Å²) in [6, 6.07) is 28.0. The van der Waals surface area contributed by atoms with Gasteiger partial charge in [0.25, 0.3) is 21.8 Å². The minimum absolute atomic E-state index is 0.0794. The van der Waals surface area contributed by atoms with Crippen molar-refractivity contribution in [1.82, 2.24) is 10.7 Å². The number of carbonyl (C=O) groups excluding carboxylic acids is 3. The predicted molar refractivity (Wildman–Crippen MR) is 179 cm³/mol. The number of hydrogen-bond donors (Lipinski definition) is 3. The molecule has 3 N–H and O–H groups in total. The Morgan fingerprint density at radius 1 is 0.851 bits per heavy atom. The number of nitrogens with zero attached hydrogens (tertiary/aromatic N) is 2. The minimum atomic E-state index is -4.20. The number of methoxy groups -OCH3 is 1. The van der Waals surface area contributed by atoms with E-state index in [1.165, 1.54) is 56.6 Å². The van der Waals surface area contributed by atoms with Crippen LogP contribution in [0.2, 0.25) is 0 Å². The average Bonchev–Trinajstić information content (AvgIpc) is 3.07. The van der Waals surface area contributed by atoms with Crippen LogP contribution in [0.15, 0.2) is 113 Å². The number of rotatable bonds is 14. The van der Waals surface area contributed by atoms with Crippen LogP contribution in [0, 0.1) is 0 Å². The second-order valence-electron chi connectivity index (χ2n) is 10.3. The monoisotopic (exact) mass is 657 g/mol. The lowest BCUT2D eigenvalue weighted by atomic mass is 10.1. The van der Waals surface area contributed by atoms with E-state index in [-0.39, 0.29) is 35.0 Å². The standard InChI is InChI=1S/C34H35N5O7S/c1-24(27-7-5-4-6-8-27)36-34(42)23-46-31-15-9-26(10-16-31)21-35-38-33(41)22-39(29-13-17-30(45-3)18-14-29)47(43,44)32-19-11-28(12-20-32)37-25(2)40/h4-21,24H,22-23H2,1-3H3,(H,36,42)(H,37,40)(H,38,41)/b35-21-/t24-/m0/s1. The summed E-state index contributed by atoms with van der Waals surface area (Å²) >= 11 is 0. The van der Waals surface area contributed by atoms with Crippen LogP contribution < -0.4 is 29.8 Å². The van der Waals surface area contributed by atoms with Gasteiger partial charge in [-0.2, -0.15) is 5.10 Å². The maximum Gasteiger partial charge on any atom is 0.264 e. The smallest absolute Gasteiger partial charge is 0.264 e. The molecule has 0 aliphatic carbocycles. The molecule has 0 saturated carbocycles. The number of benzene rings is 4. The Balaban J connectivity index is 1.36. The van der Waals surface area contributed by atoms with Gasteiger partial charge in [0.2, 0.25) is 5.91 Å². The maximum absolute atomic E-state index is 13.6. The number of carbonyl (C=O) groups is 3. The Hall–Kier alpha value is -5.69. The van der Waals surface area contributed by atoms with Crippen molar-refractivity contribution < 1.29 is 32.3 Å². The molecule has 0 spiro atoms. The molecule has 3 amide bonds. The summed E-state index contributed by atoms with van der Waals surface area (Å²) in [4.78, 5) is 36.5. The fourth-order valence-electron chi connectivity index (χ4n) is 4.36. The van der Waals surface area contributed by atoms with Crippen LogP contribution in [-0.2, 0) is 24.4 Å².